The Morgan fingerprint density at radius 3 is 2.87 bits per heavy atom. The molecule has 1 saturated heterocycles. The lowest BCUT2D eigenvalue weighted by atomic mass is 9.91. The van der Waals surface area contributed by atoms with Crippen molar-refractivity contribution >= 4 is 17.9 Å². The molecule has 0 radical (unpaired) electrons. The maximum absolute atomic E-state index is 12.6. The molecule has 1 unspecified atom stereocenters. The normalized spacial score (nSPS) is 18.1. The number of hydrogen-bond acceptors (Lipinski definition) is 4. The average Bonchev–Trinajstić information content (AvgIpc) is 3.01. The minimum absolute atomic E-state index is 0.127. The summed E-state index contributed by atoms with van der Waals surface area (Å²) in [5, 5.41) is 6.79. The molecule has 1 aromatic heterocycles. The fourth-order valence-corrected chi connectivity index (χ4v) is 3.48. The lowest BCUT2D eigenvalue weighted by molar-refractivity contribution is 0.197. The number of amides is 2. The Morgan fingerprint density at radius 1 is 1.40 bits per heavy atom. The summed E-state index contributed by atoms with van der Waals surface area (Å²) in [6.45, 7) is 12.4. The molecule has 1 fully saturated rings. The smallest absolute Gasteiger partial charge is 0.323 e. The molecule has 0 spiro atoms. The number of carbonyl (C=O) groups is 1. The van der Waals surface area contributed by atoms with Gasteiger partial charge in [-0.05, 0) is 56.2 Å². The largest absolute Gasteiger partial charge is 0.494 e. The number of likely N-dealkylation sites (tertiary alicyclic amines) is 1. The summed E-state index contributed by atoms with van der Waals surface area (Å²) in [5.74, 6) is 3.05. The number of ether oxygens (including phenoxy) is 1. The summed E-state index contributed by atoms with van der Waals surface area (Å²) >= 11 is 0. The van der Waals surface area contributed by atoms with Crippen LogP contribution in [0.2, 0.25) is 0 Å². The van der Waals surface area contributed by atoms with Gasteiger partial charge in [-0.2, -0.15) is 0 Å². The van der Waals surface area contributed by atoms with Crippen LogP contribution in [-0.2, 0) is 0 Å². The summed E-state index contributed by atoms with van der Waals surface area (Å²) in [5.41, 5.74) is 3.36. The molecule has 3 rings (SSSR count). The summed E-state index contributed by atoms with van der Waals surface area (Å²) in [6, 6.07) is 8.11. The van der Waals surface area contributed by atoms with E-state index in [0.29, 0.717) is 24.8 Å². The van der Waals surface area contributed by atoms with Crippen molar-refractivity contribution in [3.8, 4) is 5.75 Å². The molecule has 1 aromatic carbocycles. The highest BCUT2D eigenvalue weighted by Crippen LogP contribution is 2.27. The molecule has 1 N–H and O–H groups in total. The molecule has 2 heterocycles. The van der Waals surface area contributed by atoms with E-state index in [0.717, 1.165) is 42.1 Å². The summed E-state index contributed by atoms with van der Waals surface area (Å²) < 4.78 is 11.0. The third-order valence-corrected chi connectivity index (χ3v) is 5.64. The van der Waals surface area contributed by atoms with Crippen molar-refractivity contribution in [2.24, 2.45) is 11.8 Å². The van der Waals surface area contributed by atoms with Gasteiger partial charge in [0, 0.05) is 18.7 Å². The summed E-state index contributed by atoms with van der Waals surface area (Å²) in [4.78, 5) is 14.5. The monoisotopic (exact) mass is 411 g/mol. The van der Waals surface area contributed by atoms with Crippen LogP contribution in [0.4, 0.5) is 10.6 Å². The number of anilines is 1. The number of piperidine rings is 1. The van der Waals surface area contributed by atoms with Gasteiger partial charge in [-0.15, -0.1) is 0 Å². The highest BCUT2D eigenvalue weighted by atomic mass is 16.5. The SMILES string of the molecule is Cc1onc(NC(=O)N2CCC(=Cc3cccc(OCCC(C)C)c3)C(C)C2)c1C. The van der Waals surface area contributed by atoms with E-state index in [9.17, 15) is 4.79 Å². The number of aryl methyl sites for hydroxylation is 1. The van der Waals surface area contributed by atoms with E-state index in [1.165, 1.54) is 5.57 Å². The van der Waals surface area contributed by atoms with Crippen LogP contribution in [0, 0.1) is 25.7 Å². The van der Waals surface area contributed by atoms with Gasteiger partial charge in [0.05, 0.1) is 6.61 Å². The van der Waals surface area contributed by atoms with Crippen molar-refractivity contribution in [1.82, 2.24) is 10.1 Å². The molecular formula is C24H33N3O3. The van der Waals surface area contributed by atoms with Gasteiger partial charge in [0.15, 0.2) is 5.82 Å². The number of nitrogens with one attached hydrogen (secondary N) is 1. The van der Waals surface area contributed by atoms with Crippen LogP contribution < -0.4 is 10.1 Å². The number of aromatic nitrogens is 1. The molecular weight excluding hydrogens is 378 g/mol. The van der Waals surface area contributed by atoms with Gasteiger partial charge in [0.25, 0.3) is 0 Å². The minimum atomic E-state index is -0.127. The molecule has 0 bridgehead atoms. The molecule has 2 aromatic rings. The second-order valence-electron chi connectivity index (χ2n) is 8.56. The highest BCUT2D eigenvalue weighted by Gasteiger charge is 2.25. The maximum Gasteiger partial charge on any atom is 0.323 e. The molecule has 0 aliphatic carbocycles. The number of rotatable bonds is 6. The van der Waals surface area contributed by atoms with Crippen LogP contribution in [-0.4, -0.2) is 35.8 Å². The fourth-order valence-electron chi connectivity index (χ4n) is 3.48. The number of nitrogens with zero attached hydrogens (tertiary/aromatic N) is 2. The van der Waals surface area contributed by atoms with Crippen LogP contribution in [0.3, 0.4) is 0 Å². The second kappa shape index (κ2) is 9.83. The zero-order valence-electron chi connectivity index (χ0n) is 18.7. The lowest BCUT2D eigenvalue weighted by Crippen LogP contribution is -2.42. The Balaban J connectivity index is 1.59. The summed E-state index contributed by atoms with van der Waals surface area (Å²) in [6.07, 6.45) is 4.14. The lowest BCUT2D eigenvalue weighted by Gasteiger charge is -2.33. The van der Waals surface area contributed by atoms with Gasteiger partial charge in [0.1, 0.15) is 11.5 Å². The number of benzene rings is 1. The second-order valence-corrected chi connectivity index (χ2v) is 8.56. The Bertz CT molecular complexity index is 901. The Kier molecular flexibility index (Phi) is 7.19. The Labute approximate surface area is 179 Å². The molecule has 2 amide bonds. The number of hydrogen-bond donors (Lipinski definition) is 1. The number of carbonyl (C=O) groups excluding carboxylic acids is 1. The first-order valence-electron chi connectivity index (χ1n) is 10.8. The van der Waals surface area contributed by atoms with Crippen LogP contribution in [0.15, 0.2) is 34.4 Å². The Morgan fingerprint density at radius 2 is 2.20 bits per heavy atom. The zero-order chi connectivity index (χ0) is 21.7. The quantitative estimate of drug-likeness (QED) is 0.665. The van der Waals surface area contributed by atoms with Gasteiger partial charge < -0.3 is 14.2 Å². The standard InChI is InChI=1S/C24H33N3O3/c1-16(2)10-12-29-22-8-6-7-20(14-22)13-21-9-11-27(15-17(21)3)24(28)25-23-18(4)19(5)30-26-23/h6-8,13-14,16-17H,9-12,15H2,1-5H3,(H,25,26,28). The summed E-state index contributed by atoms with van der Waals surface area (Å²) in [7, 11) is 0. The first kappa shape index (κ1) is 21.9. The maximum atomic E-state index is 12.6. The minimum Gasteiger partial charge on any atom is -0.494 e. The average molecular weight is 412 g/mol. The van der Waals surface area contributed by atoms with Crippen molar-refractivity contribution in [1.29, 1.82) is 0 Å². The topological polar surface area (TPSA) is 67.6 Å². The van der Waals surface area contributed by atoms with Crippen molar-refractivity contribution in [3.63, 3.8) is 0 Å². The van der Waals surface area contributed by atoms with E-state index in [1.807, 2.05) is 30.9 Å². The van der Waals surface area contributed by atoms with Gasteiger partial charge >= 0.3 is 6.03 Å². The molecule has 6 heteroatoms. The number of urea groups is 1. The van der Waals surface area contributed by atoms with E-state index in [-0.39, 0.29) is 11.9 Å². The Hall–Kier alpha value is -2.76. The third-order valence-electron chi connectivity index (χ3n) is 5.64. The van der Waals surface area contributed by atoms with Crippen LogP contribution >= 0.6 is 0 Å². The van der Waals surface area contributed by atoms with E-state index in [1.54, 1.807) is 0 Å². The first-order chi connectivity index (χ1) is 14.3. The molecule has 30 heavy (non-hydrogen) atoms. The molecule has 162 valence electrons. The first-order valence-corrected chi connectivity index (χ1v) is 10.8. The van der Waals surface area contributed by atoms with Gasteiger partial charge in [-0.3, -0.25) is 5.32 Å². The van der Waals surface area contributed by atoms with Crippen molar-refractivity contribution in [2.75, 3.05) is 25.0 Å². The predicted octanol–water partition coefficient (Wildman–Crippen LogP) is 5.67. The van der Waals surface area contributed by atoms with Crippen molar-refractivity contribution in [2.45, 2.75) is 47.5 Å². The van der Waals surface area contributed by atoms with Crippen molar-refractivity contribution < 1.29 is 14.1 Å². The zero-order valence-corrected chi connectivity index (χ0v) is 18.7. The van der Waals surface area contributed by atoms with Crippen molar-refractivity contribution in [3.05, 3.63) is 46.7 Å². The van der Waals surface area contributed by atoms with E-state index < -0.39 is 0 Å². The predicted molar refractivity (Wildman–Crippen MR) is 120 cm³/mol. The van der Waals surface area contributed by atoms with Crippen LogP contribution in [0.25, 0.3) is 6.08 Å². The molecule has 0 saturated carbocycles. The van der Waals surface area contributed by atoms with E-state index in [2.05, 4.69) is 49.5 Å². The third kappa shape index (κ3) is 5.65. The highest BCUT2D eigenvalue weighted by molar-refractivity contribution is 5.89. The van der Waals surface area contributed by atoms with Gasteiger partial charge in [0.2, 0.25) is 0 Å². The molecule has 6 nitrogen and oxygen atoms in total. The fraction of sp³-hybridized carbons (Fsp3) is 0.500. The van der Waals surface area contributed by atoms with Crippen LogP contribution in [0.5, 0.6) is 5.75 Å². The molecule has 1 aliphatic rings. The van der Waals surface area contributed by atoms with Crippen LogP contribution in [0.1, 0.15) is 50.5 Å². The molecule has 1 atom stereocenters. The van der Waals surface area contributed by atoms with Gasteiger partial charge in [-0.1, -0.05) is 49.7 Å². The van der Waals surface area contributed by atoms with Gasteiger partial charge in [-0.25, -0.2) is 4.79 Å². The van der Waals surface area contributed by atoms with E-state index in [4.69, 9.17) is 9.26 Å². The molecule has 1 aliphatic heterocycles. The van der Waals surface area contributed by atoms with E-state index >= 15 is 0 Å².